The van der Waals surface area contributed by atoms with Gasteiger partial charge in [0.2, 0.25) is 0 Å². The van der Waals surface area contributed by atoms with Crippen molar-refractivity contribution in [2.24, 2.45) is 52.1 Å². The van der Waals surface area contributed by atoms with E-state index in [0.717, 1.165) is 42.4 Å². The maximum atomic E-state index is 11.5. The van der Waals surface area contributed by atoms with Crippen LogP contribution < -0.4 is 5.73 Å². The van der Waals surface area contributed by atoms with Gasteiger partial charge in [-0.05, 0) is 117 Å². The molecule has 0 aromatic heterocycles. The van der Waals surface area contributed by atoms with Gasteiger partial charge in [-0.1, -0.05) is 34.6 Å². The molecule has 9 atom stereocenters. The number of Topliss-reactive ketones (excluding diaryl/α,β-unsaturated/α-hetero) is 1. The van der Waals surface area contributed by atoms with Gasteiger partial charge in [-0.15, -0.1) is 0 Å². The molecule has 0 aromatic carbocycles. The second-order valence-electron chi connectivity index (χ2n) is 11.6. The lowest BCUT2D eigenvalue weighted by molar-refractivity contribution is -0.119. The van der Waals surface area contributed by atoms with Gasteiger partial charge in [-0.2, -0.15) is 0 Å². The van der Waals surface area contributed by atoms with Crippen molar-refractivity contribution >= 4 is 5.78 Å². The third-order valence-corrected chi connectivity index (χ3v) is 10.4. The Balaban J connectivity index is 0.00000117. The van der Waals surface area contributed by atoms with Crippen LogP contribution in [0.3, 0.4) is 0 Å². The first kappa shape index (κ1) is 23.3. The molecule has 29 heavy (non-hydrogen) atoms. The molecule has 4 aliphatic rings. The molecule has 4 saturated carbocycles. The number of rotatable bonds is 4. The highest BCUT2D eigenvalue weighted by Gasteiger charge is 2.60. The van der Waals surface area contributed by atoms with E-state index in [1.54, 1.807) is 6.92 Å². The standard InChI is InChI=1S/C25H43NO.C2H6/c1-16(5-6-17(2)27)21-9-10-22-20-8-7-18-15-19(26)11-13-24(18,3)23(20)12-14-25(21,22)4;1-2/h16,18-23H,5-15,26H2,1-4H3;1-2H3/t16?,18-,19+,20?,21?,22?,23?,24+,25-;/m1./s1. The van der Waals surface area contributed by atoms with E-state index in [4.69, 9.17) is 5.73 Å². The van der Waals surface area contributed by atoms with Crippen LogP contribution in [0.4, 0.5) is 0 Å². The van der Waals surface area contributed by atoms with Crippen molar-refractivity contribution < 1.29 is 4.79 Å². The summed E-state index contributed by atoms with van der Waals surface area (Å²) in [6.45, 7) is 13.5. The third-order valence-electron chi connectivity index (χ3n) is 10.4. The van der Waals surface area contributed by atoms with Gasteiger partial charge in [0, 0.05) is 12.5 Å². The summed E-state index contributed by atoms with van der Waals surface area (Å²) in [6.07, 6.45) is 14.4. The SMILES string of the molecule is CC.CC(=O)CCC(C)C1CCC2C3CC[C@@H]4C[C@@H](N)CC[C@]4(C)C3CC[C@]12C. The van der Waals surface area contributed by atoms with Gasteiger partial charge in [-0.3, -0.25) is 0 Å². The van der Waals surface area contributed by atoms with Gasteiger partial charge in [-0.25, -0.2) is 0 Å². The molecular weight excluding hydrogens is 354 g/mol. The van der Waals surface area contributed by atoms with Gasteiger partial charge in [0.05, 0.1) is 0 Å². The molecule has 0 radical (unpaired) electrons. The molecule has 5 unspecified atom stereocenters. The number of carbonyl (C=O) groups is 1. The van der Waals surface area contributed by atoms with Crippen LogP contribution in [0.2, 0.25) is 0 Å². The fourth-order valence-electron chi connectivity index (χ4n) is 8.90. The van der Waals surface area contributed by atoms with E-state index in [1.165, 1.54) is 57.8 Å². The fourth-order valence-corrected chi connectivity index (χ4v) is 8.90. The molecule has 4 fully saturated rings. The van der Waals surface area contributed by atoms with Crippen LogP contribution in [-0.2, 0) is 4.79 Å². The smallest absolute Gasteiger partial charge is 0.129 e. The molecule has 4 aliphatic carbocycles. The summed E-state index contributed by atoms with van der Waals surface area (Å²) in [5.41, 5.74) is 7.45. The molecule has 168 valence electrons. The number of carbonyl (C=O) groups excluding carboxylic acids is 1. The van der Waals surface area contributed by atoms with Crippen molar-refractivity contribution in [1.29, 1.82) is 0 Å². The molecule has 0 aliphatic heterocycles. The summed E-state index contributed by atoms with van der Waals surface area (Å²) < 4.78 is 0. The van der Waals surface area contributed by atoms with Crippen molar-refractivity contribution in [2.45, 2.75) is 118 Å². The zero-order valence-electron chi connectivity index (χ0n) is 20.3. The molecule has 4 rings (SSSR count). The van der Waals surface area contributed by atoms with E-state index >= 15 is 0 Å². The Bertz CT molecular complexity index is 573. The Hall–Kier alpha value is -0.370. The summed E-state index contributed by atoms with van der Waals surface area (Å²) in [5, 5.41) is 0. The minimum atomic E-state index is 0.368. The number of hydrogen-bond donors (Lipinski definition) is 1. The predicted octanol–water partition coefficient (Wildman–Crippen LogP) is 7.00. The van der Waals surface area contributed by atoms with Gasteiger partial charge in [0.25, 0.3) is 0 Å². The van der Waals surface area contributed by atoms with Crippen molar-refractivity contribution in [2.75, 3.05) is 0 Å². The Morgan fingerprint density at radius 2 is 1.62 bits per heavy atom. The number of nitrogens with two attached hydrogens (primary N) is 1. The van der Waals surface area contributed by atoms with Crippen LogP contribution in [0.1, 0.15) is 112 Å². The highest BCUT2D eigenvalue weighted by Crippen LogP contribution is 2.68. The maximum absolute atomic E-state index is 11.5. The lowest BCUT2D eigenvalue weighted by Gasteiger charge is -2.61. The molecule has 2 N–H and O–H groups in total. The Labute approximate surface area is 181 Å². The second-order valence-corrected chi connectivity index (χ2v) is 11.6. The summed E-state index contributed by atoms with van der Waals surface area (Å²) in [4.78, 5) is 11.5. The zero-order valence-corrected chi connectivity index (χ0v) is 20.3. The van der Waals surface area contributed by atoms with Crippen LogP contribution in [0.25, 0.3) is 0 Å². The minimum Gasteiger partial charge on any atom is -0.328 e. The molecule has 2 nitrogen and oxygen atoms in total. The van der Waals surface area contributed by atoms with Crippen molar-refractivity contribution in [3.63, 3.8) is 0 Å². The van der Waals surface area contributed by atoms with Crippen LogP contribution in [0, 0.1) is 46.3 Å². The lowest BCUT2D eigenvalue weighted by Crippen LogP contribution is -2.54. The largest absolute Gasteiger partial charge is 0.328 e. The first-order chi connectivity index (χ1) is 13.8. The van der Waals surface area contributed by atoms with Crippen molar-refractivity contribution in [3.05, 3.63) is 0 Å². The fraction of sp³-hybridized carbons (Fsp3) is 0.963. The zero-order chi connectivity index (χ0) is 21.4. The molecule has 0 aromatic rings. The van der Waals surface area contributed by atoms with Gasteiger partial charge in [0.1, 0.15) is 5.78 Å². The quantitative estimate of drug-likeness (QED) is 0.549. The average molecular weight is 404 g/mol. The van der Waals surface area contributed by atoms with Crippen molar-refractivity contribution in [3.8, 4) is 0 Å². The molecule has 0 saturated heterocycles. The number of hydrogen-bond acceptors (Lipinski definition) is 2. The second kappa shape index (κ2) is 9.01. The molecule has 0 spiro atoms. The monoisotopic (exact) mass is 403 g/mol. The maximum Gasteiger partial charge on any atom is 0.129 e. The minimum absolute atomic E-state index is 0.368. The van der Waals surface area contributed by atoms with Gasteiger partial charge < -0.3 is 10.5 Å². The van der Waals surface area contributed by atoms with Gasteiger partial charge >= 0.3 is 0 Å². The first-order valence-electron chi connectivity index (χ1n) is 13.0. The van der Waals surface area contributed by atoms with E-state index in [1.807, 2.05) is 13.8 Å². The van der Waals surface area contributed by atoms with Crippen LogP contribution in [0.5, 0.6) is 0 Å². The normalized spacial score (nSPS) is 47.1. The lowest BCUT2D eigenvalue weighted by atomic mass is 9.44. The van der Waals surface area contributed by atoms with E-state index in [2.05, 4.69) is 20.8 Å². The van der Waals surface area contributed by atoms with E-state index in [0.29, 0.717) is 28.6 Å². The van der Waals surface area contributed by atoms with Crippen molar-refractivity contribution in [1.82, 2.24) is 0 Å². The molecule has 0 bridgehead atoms. The van der Waals surface area contributed by atoms with E-state index < -0.39 is 0 Å². The summed E-state index contributed by atoms with van der Waals surface area (Å²) >= 11 is 0. The van der Waals surface area contributed by atoms with Crippen LogP contribution in [-0.4, -0.2) is 11.8 Å². The molecule has 2 heteroatoms. The summed E-state index contributed by atoms with van der Waals surface area (Å²) in [5.74, 6) is 5.66. The summed E-state index contributed by atoms with van der Waals surface area (Å²) in [7, 11) is 0. The molecule has 0 amide bonds. The predicted molar refractivity (Wildman–Crippen MR) is 124 cm³/mol. The molecular formula is C27H49NO. The van der Waals surface area contributed by atoms with E-state index in [9.17, 15) is 4.79 Å². The highest BCUT2D eigenvalue weighted by atomic mass is 16.1. The summed E-state index contributed by atoms with van der Waals surface area (Å²) in [6, 6.07) is 0.464. The molecule has 0 heterocycles. The Morgan fingerprint density at radius 1 is 0.966 bits per heavy atom. The Kier molecular flexibility index (Phi) is 7.24. The van der Waals surface area contributed by atoms with E-state index in [-0.39, 0.29) is 0 Å². The van der Waals surface area contributed by atoms with Crippen LogP contribution >= 0.6 is 0 Å². The highest BCUT2D eigenvalue weighted by molar-refractivity contribution is 5.75. The van der Waals surface area contributed by atoms with Crippen LogP contribution in [0.15, 0.2) is 0 Å². The topological polar surface area (TPSA) is 43.1 Å². The number of ketones is 1. The Morgan fingerprint density at radius 3 is 2.31 bits per heavy atom. The average Bonchev–Trinajstić information content (AvgIpc) is 3.05. The van der Waals surface area contributed by atoms with Gasteiger partial charge in [0.15, 0.2) is 0 Å². The number of fused-ring (bicyclic) bond motifs is 5. The first-order valence-corrected chi connectivity index (χ1v) is 13.0. The third kappa shape index (κ3) is 4.09.